The van der Waals surface area contributed by atoms with Gasteiger partial charge in [-0.15, -0.1) is 5.10 Å². The van der Waals surface area contributed by atoms with Crippen LogP contribution in [0.4, 0.5) is 0 Å². The summed E-state index contributed by atoms with van der Waals surface area (Å²) in [6.07, 6.45) is 0. The Bertz CT molecular complexity index is 1120. The third kappa shape index (κ3) is 2.63. The summed E-state index contributed by atoms with van der Waals surface area (Å²) in [6, 6.07) is 8.76. The molecule has 0 fully saturated rings. The van der Waals surface area contributed by atoms with E-state index in [1.807, 2.05) is 0 Å². The minimum Gasteiger partial charge on any atom is -0.478 e. The standard InChI is InChI=1S/C14H8ClN3O5S/c15-9-2-4-10(5-3-9)24(22,23)18-13(19)11-7-8(14(20)21)1-6-12(11)16-17-18/h1-7H,(H,20,21). The highest BCUT2D eigenvalue weighted by Gasteiger charge is 2.22. The molecule has 0 amide bonds. The summed E-state index contributed by atoms with van der Waals surface area (Å²) in [5, 5.41) is 16.3. The van der Waals surface area contributed by atoms with Gasteiger partial charge in [0.25, 0.3) is 15.6 Å². The van der Waals surface area contributed by atoms with Crippen LogP contribution in [0.3, 0.4) is 0 Å². The molecule has 0 bridgehead atoms. The van der Waals surface area contributed by atoms with Crippen molar-refractivity contribution in [1.29, 1.82) is 0 Å². The Hall–Kier alpha value is -2.78. The van der Waals surface area contributed by atoms with E-state index >= 15 is 0 Å². The van der Waals surface area contributed by atoms with Crippen LogP contribution in [0, 0.1) is 0 Å². The minimum atomic E-state index is -4.29. The maximum absolute atomic E-state index is 12.5. The molecule has 24 heavy (non-hydrogen) atoms. The highest BCUT2D eigenvalue weighted by Crippen LogP contribution is 2.16. The Morgan fingerprint density at radius 2 is 1.79 bits per heavy atom. The van der Waals surface area contributed by atoms with Crippen molar-refractivity contribution in [3.8, 4) is 0 Å². The van der Waals surface area contributed by atoms with Gasteiger partial charge in [-0.05, 0) is 47.7 Å². The third-order valence-corrected chi connectivity index (χ3v) is 5.03. The Labute approximate surface area is 140 Å². The Morgan fingerprint density at radius 3 is 2.42 bits per heavy atom. The van der Waals surface area contributed by atoms with Crippen LogP contribution in [0.2, 0.25) is 5.02 Å². The first-order valence-electron chi connectivity index (χ1n) is 6.45. The maximum atomic E-state index is 12.5. The minimum absolute atomic E-state index is 0.0903. The molecule has 0 radical (unpaired) electrons. The Kier molecular flexibility index (Phi) is 3.82. The SMILES string of the molecule is O=C(O)c1ccc2nnn(S(=O)(=O)c3ccc(Cl)cc3)c(=O)c2c1. The highest BCUT2D eigenvalue weighted by molar-refractivity contribution is 7.89. The zero-order chi connectivity index (χ0) is 17.5. The second-order valence-corrected chi connectivity index (χ2v) is 6.94. The monoisotopic (exact) mass is 365 g/mol. The topological polar surface area (TPSA) is 119 Å². The van der Waals surface area contributed by atoms with Crippen LogP contribution in [-0.2, 0) is 10.0 Å². The molecule has 0 saturated heterocycles. The first-order valence-corrected chi connectivity index (χ1v) is 8.27. The van der Waals surface area contributed by atoms with Crippen LogP contribution in [-0.4, -0.2) is 33.9 Å². The van der Waals surface area contributed by atoms with Crippen molar-refractivity contribution in [3.63, 3.8) is 0 Å². The van der Waals surface area contributed by atoms with E-state index in [1.165, 1.54) is 36.4 Å². The zero-order valence-corrected chi connectivity index (χ0v) is 13.3. The summed E-state index contributed by atoms with van der Waals surface area (Å²) in [7, 11) is -4.29. The summed E-state index contributed by atoms with van der Waals surface area (Å²) < 4.78 is 25.3. The molecule has 0 aliphatic carbocycles. The van der Waals surface area contributed by atoms with Crippen molar-refractivity contribution in [3.05, 3.63) is 63.4 Å². The largest absolute Gasteiger partial charge is 0.478 e. The average Bonchev–Trinajstić information content (AvgIpc) is 2.55. The summed E-state index contributed by atoms with van der Waals surface area (Å²) in [5.41, 5.74) is -1.06. The molecular weight excluding hydrogens is 358 g/mol. The lowest BCUT2D eigenvalue weighted by atomic mass is 10.1. The van der Waals surface area contributed by atoms with Crippen LogP contribution < -0.4 is 5.56 Å². The Balaban J connectivity index is 2.26. The molecule has 3 rings (SSSR count). The van der Waals surface area contributed by atoms with E-state index in [1.54, 1.807) is 0 Å². The van der Waals surface area contributed by atoms with Gasteiger partial charge in [0.05, 0.1) is 15.8 Å². The highest BCUT2D eigenvalue weighted by atomic mass is 35.5. The molecule has 3 aromatic rings. The fourth-order valence-electron chi connectivity index (χ4n) is 2.02. The molecule has 1 aromatic heterocycles. The number of hydrogen-bond donors (Lipinski definition) is 1. The lowest BCUT2D eigenvalue weighted by molar-refractivity contribution is 0.0697. The van der Waals surface area contributed by atoms with Crippen LogP contribution in [0.15, 0.2) is 52.2 Å². The predicted molar refractivity (Wildman–Crippen MR) is 84.8 cm³/mol. The van der Waals surface area contributed by atoms with E-state index in [4.69, 9.17) is 16.7 Å². The van der Waals surface area contributed by atoms with Gasteiger partial charge < -0.3 is 5.11 Å². The smallest absolute Gasteiger partial charge is 0.335 e. The number of benzene rings is 2. The van der Waals surface area contributed by atoms with Crippen molar-refractivity contribution in [2.75, 3.05) is 0 Å². The first kappa shape index (κ1) is 16.1. The molecule has 10 heteroatoms. The van der Waals surface area contributed by atoms with Crippen LogP contribution >= 0.6 is 11.6 Å². The van der Waals surface area contributed by atoms with Crippen molar-refractivity contribution >= 4 is 38.5 Å². The molecule has 0 aliphatic rings. The lowest BCUT2D eigenvalue weighted by Gasteiger charge is -2.07. The number of aromatic carboxylic acids is 1. The molecular formula is C14H8ClN3O5S. The van der Waals surface area contributed by atoms with Crippen LogP contribution in [0.25, 0.3) is 10.9 Å². The maximum Gasteiger partial charge on any atom is 0.335 e. The normalized spacial score (nSPS) is 11.5. The van der Waals surface area contributed by atoms with Gasteiger partial charge >= 0.3 is 5.97 Å². The number of carboxylic acid groups (broad SMARTS) is 1. The number of rotatable bonds is 3. The summed E-state index contributed by atoms with van der Waals surface area (Å²) in [5.74, 6) is -1.25. The number of hydrogen-bond acceptors (Lipinski definition) is 6. The number of fused-ring (bicyclic) bond motifs is 1. The van der Waals surface area contributed by atoms with Crippen molar-refractivity contribution in [2.24, 2.45) is 0 Å². The third-order valence-electron chi connectivity index (χ3n) is 3.22. The van der Waals surface area contributed by atoms with E-state index in [0.717, 1.165) is 6.07 Å². The molecule has 8 nitrogen and oxygen atoms in total. The van der Waals surface area contributed by atoms with Gasteiger partial charge in [0.1, 0.15) is 5.52 Å². The summed E-state index contributed by atoms with van der Waals surface area (Å²) in [6.45, 7) is 0. The second kappa shape index (κ2) is 5.69. The molecule has 122 valence electrons. The molecule has 0 aliphatic heterocycles. The van der Waals surface area contributed by atoms with Crippen molar-refractivity contribution in [2.45, 2.75) is 4.90 Å². The molecule has 1 N–H and O–H groups in total. The molecule has 2 aromatic carbocycles. The van der Waals surface area contributed by atoms with Crippen LogP contribution in [0.1, 0.15) is 10.4 Å². The number of nitrogens with zero attached hydrogens (tertiary/aromatic N) is 3. The van der Waals surface area contributed by atoms with Crippen LogP contribution in [0.5, 0.6) is 0 Å². The van der Waals surface area contributed by atoms with Gasteiger partial charge in [0.2, 0.25) is 0 Å². The van der Waals surface area contributed by atoms with Gasteiger partial charge in [0, 0.05) is 5.02 Å². The zero-order valence-electron chi connectivity index (χ0n) is 11.7. The van der Waals surface area contributed by atoms with E-state index in [2.05, 4.69) is 10.3 Å². The summed E-state index contributed by atoms with van der Waals surface area (Å²) >= 11 is 5.72. The van der Waals surface area contributed by atoms with Gasteiger partial charge in [-0.1, -0.05) is 15.7 Å². The number of carbonyl (C=O) groups is 1. The first-order chi connectivity index (χ1) is 11.3. The van der Waals surface area contributed by atoms with Gasteiger partial charge in [0.15, 0.2) is 0 Å². The number of carboxylic acids is 1. The molecule has 0 atom stereocenters. The number of halogens is 1. The lowest BCUT2D eigenvalue weighted by Crippen LogP contribution is -2.31. The van der Waals surface area contributed by atoms with E-state index in [-0.39, 0.29) is 25.4 Å². The molecule has 1 heterocycles. The molecule has 0 saturated carbocycles. The van der Waals surface area contributed by atoms with E-state index in [0.29, 0.717) is 5.02 Å². The van der Waals surface area contributed by atoms with Gasteiger partial charge in [-0.2, -0.15) is 8.42 Å². The van der Waals surface area contributed by atoms with Crippen molar-refractivity contribution < 1.29 is 18.3 Å². The molecule has 0 unspecified atom stereocenters. The van der Waals surface area contributed by atoms with Crippen molar-refractivity contribution in [1.82, 2.24) is 14.4 Å². The average molecular weight is 366 g/mol. The van der Waals surface area contributed by atoms with E-state index in [9.17, 15) is 18.0 Å². The fraction of sp³-hybridized carbons (Fsp3) is 0. The Morgan fingerprint density at radius 1 is 1.12 bits per heavy atom. The fourth-order valence-corrected chi connectivity index (χ4v) is 3.28. The number of aromatic nitrogens is 3. The summed E-state index contributed by atoms with van der Waals surface area (Å²) in [4.78, 5) is 23.3. The van der Waals surface area contributed by atoms with Gasteiger partial charge in [-0.3, -0.25) is 4.79 Å². The van der Waals surface area contributed by atoms with E-state index < -0.39 is 21.6 Å². The second-order valence-electron chi connectivity index (χ2n) is 4.73. The molecule has 0 spiro atoms. The quantitative estimate of drug-likeness (QED) is 0.744. The predicted octanol–water partition coefficient (Wildman–Crippen LogP) is 1.38. The van der Waals surface area contributed by atoms with Gasteiger partial charge in [-0.25, -0.2) is 4.79 Å².